The molecule has 2 aromatic carbocycles. The molecular formula is C17H10F3N3O. The number of aromatic amines is 1. The average molecular weight is 329 g/mol. The fourth-order valence-corrected chi connectivity index (χ4v) is 2.51. The van der Waals surface area contributed by atoms with E-state index in [2.05, 4.69) is 15.2 Å². The van der Waals surface area contributed by atoms with E-state index in [9.17, 15) is 13.2 Å². The first kappa shape index (κ1) is 14.5. The van der Waals surface area contributed by atoms with Gasteiger partial charge in [0, 0.05) is 5.56 Å². The Labute approximate surface area is 134 Å². The Balaban J connectivity index is 1.83. The molecule has 0 amide bonds. The Bertz CT molecular complexity index is 984. The number of hydrogen-bond donors (Lipinski definition) is 1. The number of H-pyrrole nitrogens is 1. The first-order valence-corrected chi connectivity index (χ1v) is 7.09. The summed E-state index contributed by atoms with van der Waals surface area (Å²) < 4.78 is 44.4. The number of halogens is 3. The fourth-order valence-electron chi connectivity index (χ4n) is 2.51. The summed E-state index contributed by atoms with van der Waals surface area (Å²) in [6, 6.07) is 12.3. The molecule has 0 spiro atoms. The standard InChI is InChI=1S/C17H10F3N3O/c18-17(19,20)11-5-3-4-10(8-11)15-12(9-21-23-15)16-22-13-6-1-2-7-14(13)24-16/h1-9H,(H,21,23). The van der Waals surface area contributed by atoms with Gasteiger partial charge in [0.25, 0.3) is 0 Å². The summed E-state index contributed by atoms with van der Waals surface area (Å²) in [5.41, 5.74) is 1.84. The highest BCUT2D eigenvalue weighted by Gasteiger charge is 2.30. The Hall–Kier alpha value is -3.09. The summed E-state index contributed by atoms with van der Waals surface area (Å²) in [4.78, 5) is 4.36. The molecule has 0 atom stereocenters. The van der Waals surface area contributed by atoms with Crippen molar-refractivity contribution in [1.29, 1.82) is 0 Å². The molecule has 1 N–H and O–H groups in total. The lowest BCUT2D eigenvalue weighted by molar-refractivity contribution is -0.137. The molecule has 0 saturated heterocycles. The highest BCUT2D eigenvalue weighted by Crippen LogP contribution is 2.35. The molecule has 0 fully saturated rings. The molecule has 2 heterocycles. The van der Waals surface area contributed by atoms with Crippen molar-refractivity contribution in [3.05, 3.63) is 60.3 Å². The maximum absolute atomic E-state index is 12.9. The number of nitrogens with one attached hydrogen (secondary N) is 1. The van der Waals surface area contributed by atoms with E-state index >= 15 is 0 Å². The van der Waals surface area contributed by atoms with E-state index in [1.54, 1.807) is 18.2 Å². The second kappa shape index (κ2) is 5.23. The van der Waals surface area contributed by atoms with Gasteiger partial charge in [0.1, 0.15) is 5.52 Å². The number of rotatable bonds is 2. The zero-order valence-electron chi connectivity index (χ0n) is 12.1. The first-order valence-electron chi connectivity index (χ1n) is 7.09. The van der Waals surface area contributed by atoms with Crippen molar-refractivity contribution in [1.82, 2.24) is 15.2 Å². The minimum atomic E-state index is -4.41. The van der Waals surface area contributed by atoms with Gasteiger partial charge >= 0.3 is 6.18 Å². The molecule has 4 rings (SSSR count). The van der Waals surface area contributed by atoms with Crippen molar-refractivity contribution < 1.29 is 17.6 Å². The van der Waals surface area contributed by atoms with E-state index in [0.29, 0.717) is 33.8 Å². The van der Waals surface area contributed by atoms with Crippen molar-refractivity contribution in [3.8, 4) is 22.7 Å². The number of nitrogens with zero attached hydrogens (tertiary/aromatic N) is 2. The zero-order chi connectivity index (χ0) is 16.7. The van der Waals surface area contributed by atoms with Crippen LogP contribution < -0.4 is 0 Å². The maximum atomic E-state index is 12.9. The Morgan fingerprint density at radius 1 is 1.00 bits per heavy atom. The van der Waals surface area contributed by atoms with Crippen LogP contribution in [0, 0.1) is 0 Å². The summed E-state index contributed by atoms with van der Waals surface area (Å²) in [6.45, 7) is 0. The molecule has 0 radical (unpaired) electrons. The molecule has 0 aliphatic carbocycles. The zero-order valence-corrected chi connectivity index (χ0v) is 12.1. The molecule has 4 nitrogen and oxygen atoms in total. The summed E-state index contributed by atoms with van der Waals surface area (Å²) in [6.07, 6.45) is -2.92. The lowest BCUT2D eigenvalue weighted by Crippen LogP contribution is -2.04. The largest absolute Gasteiger partial charge is 0.436 e. The van der Waals surface area contributed by atoms with Gasteiger partial charge in [0.15, 0.2) is 5.58 Å². The predicted molar refractivity (Wildman–Crippen MR) is 82.0 cm³/mol. The van der Waals surface area contributed by atoms with Gasteiger partial charge in [-0.25, -0.2) is 4.98 Å². The molecule has 0 aliphatic rings. The van der Waals surface area contributed by atoms with E-state index in [0.717, 1.165) is 12.1 Å². The molecule has 7 heteroatoms. The number of benzene rings is 2. The Morgan fingerprint density at radius 2 is 1.83 bits per heavy atom. The number of para-hydroxylation sites is 2. The number of aromatic nitrogens is 3. The lowest BCUT2D eigenvalue weighted by Gasteiger charge is -2.08. The van der Waals surface area contributed by atoms with E-state index in [-0.39, 0.29) is 0 Å². The van der Waals surface area contributed by atoms with Crippen LogP contribution in [0.25, 0.3) is 33.8 Å². The molecule has 0 unspecified atom stereocenters. The quantitative estimate of drug-likeness (QED) is 0.569. The summed E-state index contributed by atoms with van der Waals surface area (Å²) >= 11 is 0. The van der Waals surface area contributed by atoms with Gasteiger partial charge in [0.2, 0.25) is 5.89 Å². The molecule has 120 valence electrons. The van der Waals surface area contributed by atoms with Crippen LogP contribution in [0.3, 0.4) is 0 Å². The van der Waals surface area contributed by atoms with E-state index < -0.39 is 11.7 Å². The number of hydrogen-bond acceptors (Lipinski definition) is 3. The molecule has 24 heavy (non-hydrogen) atoms. The molecule has 0 saturated carbocycles. The third-order valence-electron chi connectivity index (χ3n) is 3.64. The van der Waals surface area contributed by atoms with Crippen LogP contribution in [0.2, 0.25) is 0 Å². The van der Waals surface area contributed by atoms with Gasteiger partial charge in [-0.3, -0.25) is 5.10 Å². The van der Waals surface area contributed by atoms with E-state index in [4.69, 9.17) is 4.42 Å². The topological polar surface area (TPSA) is 54.7 Å². The highest BCUT2D eigenvalue weighted by molar-refractivity contribution is 5.81. The van der Waals surface area contributed by atoms with Crippen LogP contribution in [0.5, 0.6) is 0 Å². The second-order valence-electron chi connectivity index (χ2n) is 5.22. The van der Waals surface area contributed by atoms with Crippen LogP contribution >= 0.6 is 0 Å². The Morgan fingerprint density at radius 3 is 2.62 bits per heavy atom. The van der Waals surface area contributed by atoms with Crippen molar-refractivity contribution >= 4 is 11.1 Å². The third kappa shape index (κ3) is 2.44. The van der Waals surface area contributed by atoms with Gasteiger partial charge in [-0.15, -0.1) is 0 Å². The second-order valence-corrected chi connectivity index (χ2v) is 5.22. The minimum absolute atomic E-state index is 0.303. The van der Waals surface area contributed by atoms with Crippen molar-refractivity contribution in [3.63, 3.8) is 0 Å². The Kier molecular flexibility index (Phi) is 3.16. The summed E-state index contributed by atoms with van der Waals surface area (Å²) in [5, 5.41) is 6.66. The number of alkyl halides is 3. The number of fused-ring (bicyclic) bond motifs is 1. The molecule has 0 aliphatic heterocycles. The van der Waals surface area contributed by atoms with Crippen LogP contribution in [0.15, 0.2) is 59.1 Å². The predicted octanol–water partition coefficient (Wildman–Crippen LogP) is 4.90. The van der Waals surface area contributed by atoms with Crippen molar-refractivity contribution in [2.45, 2.75) is 6.18 Å². The highest BCUT2D eigenvalue weighted by atomic mass is 19.4. The van der Waals surface area contributed by atoms with Crippen molar-refractivity contribution in [2.75, 3.05) is 0 Å². The molecule has 4 aromatic rings. The van der Waals surface area contributed by atoms with Crippen molar-refractivity contribution in [2.24, 2.45) is 0 Å². The molecule has 2 aromatic heterocycles. The molecule has 0 bridgehead atoms. The first-order chi connectivity index (χ1) is 11.5. The lowest BCUT2D eigenvalue weighted by atomic mass is 10.0. The van der Waals surface area contributed by atoms with Crippen LogP contribution in [0.1, 0.15) is 5.56 Å². The van der Waals surface area contributed by atoms with Gasteiger partial charge in [-0.05, 0) is 24.3 Å². The minimum Gasteiger partial charge on any atom is -0.436 e. The van der Waals surface area contributed by atoms with E-state index in [1.165, 1.54) is 12.3 Å². The third-order valence-corrected chi connectivity index (χ3v) is 3.64. The van der Waals surface area contributed by atoms with Gasteiger partial charge in [-0.2, -0.15) is 18.3 Å². The van der Waals surface area contributed by atoms with E-state index in [1.807, 2.05) is 12.1 Å². The van der Waals surface area contributed by atoms with Gasteiger partial charge in [0.05, 0.1) is 23.0 Å². The summed E-state index contributed by atoms with van der Waals surface area (Å²) in [7, 11) is 0. The van der Waals surface area contributed by atoms with Crippen LogP contribution in [0.4, 0.5) is 13.2 Å². The average Bonchev–Trinajstić information content (AvgIpc) is 3.20. The smallest absolute Gasteiger partial charge is 0.416 e. The van der Waals surface area contributed by atoms with Crippen LogP contribution in [-0.2, 0) is 6.18 Å². The SMILES string of the molecule is FC(F)(F)c1cccc(-c2[nH]ncc2-c2nc3ccccc3o2)c1. The van der Waals surface area contributed by atoms with Gasteiger partial charge < -0.3 is 4.42 Å². The monoisotopic (exact) mass is 329 g/mol. The number of oxazole rings is 1. The van der Waals surface area contributed by atoms with Gasteiger partial charge in [-0.1, -0.05) is 24.3 Å². The summed E-state index contributed by atoms with van der Waals surface area (Å²) in [5.74, 6) is 0.303. The normalized spacial score (nSPS) is 12.0. The molecular weight excluding hydrogens is 319 g/mol. The van der Waals surface area contributed by atoms with Crippen LogP contribution in [-0.4, -0.2) is 15.2 Å². The fraction of sp³-hybridized carbons (Fsp3) is 0.0588. The maximum Gasteiger partial charge on any atom is 0.416 e.